The first-order valence-corrected chi connectivity index (χ1v) is 6.54. The highest BCUT2D eigenvalue weighted by atomic mass is 32.2. The van der Waals surface area contributed by atoms with Crippen LogP contribution in [0.2, 0.25) is 0 Å². The number of nitrogens with one attached hydrogen (secondary N) is 1. The molecule has 4 N–H and O–H groups in total. The third kappa shape index (κ3) is 3.08. The first-order valence-electron chi connectivity index (χ1n) is 5.05. The molecular formula is C11H14N2O4S. The molecule has 1 aromatic carbocycles. The standard InChI is InChI=1S/C11H14N2O4S/c1-3-7(2)13-18(16,17)10-5-4-8(12)6-9(10)11(14)15/h3-7,13H,1,12H2,2H3,(H,14,15). The number of hydrogen-bond donors (Lipinski definition) is 3. The van der Waals surface area contributed by atoms with Crippen LogP contribution in [0.1, 0.15) is 17.3 Å². The van der Waals surface area contributed by atoms with Crippen molar-refractivity contribution in [3.05, 3.63) is 36.4 Å². The molecular weight excluding hydrogens is 256 g/mol. The second kappa shape index (κ2) is 5.19. The number of anilines is 1. The molecule has 0 aliphatic rings. The predicted molar refractivity (Wildman–Crippen MR) is 67.8 cm³/mol. The van der Waals surface area contributed by atoms with Gasteiger partial charge in [0, 0.05) is 11.7 Å². The van der Waals surface area contributed by atoms with Crippen molar-refractivity contribution in [2.75, 3.05) is 5.73 Å². The zero-order valence-electron chi connectivity index (χ0n) is 9.75. The normalized spacial score (nSPS) is 12.9. The highest BCUT2D eigenvalue weighted by Crippen LogP contribution is 2.19. The molecule has 0 spiro atoms. The lowest BCUT2D eigenvalue weighted by Crippen LogP contribution is -2.32. The van der Waals surface area contributed by atoms with Gasteiger partial charge < -0.3 is 10.8 Å². The Bertz CT molecular complexity index is 581. The van der Waals surface area contributed by atoms with E-state index >= 15 is 0 Å². The Morgan fingerprint density at radius 3 is 2.67 bits per heavy atom. The fourth-order valence-electron chi connectivity index (χ4n) is 1.31. The van der Waals surface area contributed by atoms with E-state index in [1.54, 1.807) is 6.92 Å². The largest absolute Gasteiger partial charge is 0.478 e. The summed E-state index contributed by atoms with van der Waals surface area (Å²) in [5.41, 5.74) is 5.26. The van der Waals surface area contributed by atoms with Gasteiger partial charge >= 0.3 is 5.97 Å². The molecule has 0 fully saturated rings. The van der Waals surface area contributed by atoms with Crippen molar-refractivity contribution in [3.8, 4) is 0 Å². The van der Waals surface area contributed by atoms with Gasteiger partial charge in [-0.1, -0.05) is 6.08 Å². The molecule has 0 aliphatic heterocycles. The van der Waals surface area contributed by atoms with Gasteiger partial charge in [-0.3, -0.25) is 0 Å². The number of nitrogen functional groups attached to an aromatic ring is 1. The average Bonchev–Trinajstić information content (AvgIpc) is 2.27. The lowest BCUT2D eigenvalue weighted by Gasteiger charge is -2.12. The summed E-state index contributed by atoms with van der Waals surface area (Å²) in [6, 6.07) is 3.10. The Labute approximate surface area is 105 Å². The van der Waals surface area contributed by atoms with Crippen LogP contribution in [0.4, 0.5) is 5.69 Å². The van der Waals surface area contributed by atoms with Gasteiger partial charge in [-0.2, -0.15) is 0 Å². The monoisotopic (exact) mass is 270 g/mol. The van der Waals surface area contributed by atoms with Gasteiger partial charge in [-0.15, -0.1) is 6.58 Å². The van der Waals surface area contributed by atoms with Crippen molar-refractivity contribution in [2.45, 2.75) is 17.9 Å². The van der Waals surface area contributed by atoms with Crippen molar-refractivity contribution in [2.24, 2.45) is 0 Å². The molecule has 0 amide bonds. The Morgan fingerprint density at radius 2 is 2.17 bits per heavy atom. The van der Waals surface area contributed by atoms with Gasteiger partial charge in [0.15, 0.2) is 0 Å². The second-order valence-electron chi connectivity index (χ2n) is 3.71. The number of sulfonamides is 1. The molecule has 0 heterocycles. The maximum absolute atomic E-state index is 12.0. The van der Waals surface area contributed by atoms with E-state index in [-0.39, 0.29) is 16.1 Å². The summed E-state index contributed by atoms with van der Waals surface area (Å²) >= 11 is 0. The Balaban J connectivity index is 3.32. The zero-order valence-corrected chi connectivity index (χ0v) is 10.6. The van der Waals surface area contributed by atoms with Crippen molar-refractivity contribution < 1.29 is 18.3 Å². The van der Waals surface area contributed by atoms with E-state index < -0.39 is 22.0 Å². The van der Waals surface area contributed by atoms with Gasteiger partial charge in [0.05, 0.1) is 10.5 Å². The zero-order chi connectivity index (χ0) is 13.9. The van der Waals surface area contributed by atoms with Crippen LogP contribution in [0.3, 0.4) is 0 Å². The molecule has 7 heteroatoms. The Morgan fingerprint density at radius 1 is 1.56 bits per heavy atom. The molecule has 6 nitrogen and oxygen atoms in total. The van der Waals surface area contributed by atoms with Gasteiger partial charge in [-0.05, 0) is 25.1 Å². The maximum atomic E-state index is 12.0. The fourth-order valence-corrected chi connectivity index (χ4v) is 2.70. The highest BCUT2D eigenvalue weighted by Gasteiger charge is 2.23. The minimum Gasteiger partial charge on any atom is -0.478 e. The molecule has 1 atom stereocenters. The fraction of sp³-hybridized carbons (Fsp3) is 0.182. The predicted octanol–water partition coefficient (Wildman–Crippen LogP) is 0.820. The first kappa shape index (κ1) is 14.2. The topological polar surface area (TPSA) is 109 Å². The number of carboxylic acids is 1. The molecule has 0 aliphatic carbocycles. The van der Waals surface area contributed by atoms with Crippen LogP contribution in [-0.2, 0) is 10.0 Å². The van der Waals surface area contributed by atoms with Crippen molar-refractivity contribution in [1.82, 2.24) is 4.72 Å². The number of hydrogen-bond acceptors (Lipinski definition) is 4. The van der Waals surface area contributed by atoms with Gasteiger partial charge in [0.1, 0.15) is 0 Å². The molecule has 0 saturated carbocycles. The van der Waals surface area contributed by atoms with E-state index in [0.29, 0.717) is 0 Å². The molecule has 98 valence electrons. The molecule has 0 radical (unpaired) electrons. The molecule has 1 rings (SSSR count). The van der Waals surface area contributed by atoms with Crippen LogP contribution in [0.15, 0.2) is 35.7 Å². The lowest BCUT2D eigenvalue weighted by molar-refractivity contribution is 0.0692. The van der Waals surface area contributed by atoms with Crippen LogP contribution in [0.25, 0.3) is 0 Å². The minimum absolute atomic E-state index is 0.183. The van der Waals surface area contributed by atoms with E-state index in [4.69, 9.17) is 10.8 Å². The van der Waals surface area contributed by atoms with Gasteiger partial charge in [0.2, 0.25) is 10.0 Å². The molecule has 0 saturated heterocycles. The third-order valence-corrected chi connectivity index (χ3v) is 3.84. The second-order valence-corrected chi connectivity index (χ2v) is 5.39. The number of benzene rings is 1. The Kier molecular flexibility index (Phi) is 4.10. The smallest absolute Gasteiger partial charge is 0.337 e. The summed E-state index contributed by atoms with van der Waals surface area (Å²) in [7, 11) is -3.92. The summed E-state index contributed by atoms with van der Waals surface area (Å²) < 4.78 is 26.2. The van der Waals surface area contributed by atoms with Gasteiger partial charge in [0.25, 0.3) is 0 Å². The quantitative estimate of drug-likeness (QED) is 0.542. The maximum Gasteiger partial charge on any atom is 0.337 e. The minimum atomic E-state index is -3.92. The van der Waals surface area contributed by atoms with Crippen LogP contribution < -0.4 is 10.5 Å². The van der Waals surface area contributed by atoms with Crippen LogP contribution >= 0.6 is 0 Å². The third-order valence-electron chi connectivity index (χ3n) is 2.22. The van der Waals surface area contributed by atoms with Crippen molar-refractivity contribution >= 4 is 21.7 Å². The van der Waals surface area contributed by atoms with E-state index in [9.17, 15) is 13.2 Å². The van der Waals surface area contributed by atoms with Crippen molar-refractivity contribution in [1.29, 1.82) is 0 Å². The Hall–Kier alpha value is -1.86. The SMILES string of the molecule is C=CC(C)NS(=O)(=O)c1ccc(N)cc1C(=O)O. The number of carboxylic acid groups (broad SMARTS) is 1. The molecule has 0 aromatic heterocycles. The van der Waals surface area contributed by atoms with Crippen LogP contribution in [0, 0.1) is 0 Å². The van der Waals surface area contributed by atoms with Crippen molar-refractivity contribution in [3.63, 3.8) is 0 Å². The van der Waals surface area contributed by atoms with Gasteiger partial charge in [-0.25, -0.2) is 17.9 Å². The molecule has 18 heavy (non-hydrogen) atoms. The highest BCUT2D eigenvalue weighted by molar-refractivity contribution is 7.89. The van der Waals surface area contributed by atoms with E-state index in [2.05, 4.69) is 11.3 Å². The lowest BCUT2D eigenvalue weighted by atomic mass is 10.2. The van der Waals surface area contributed by atoms with E-state index in [1.807, 2.05) is 0 Å². The molecule has 0 bridgehead atoms. The summed E-state index contributed by atoms with van der Waals surface area (Å²) in [5.74, 6) is -1.35. The molecule has 1 unspecified atom stereocenters. The number of rotatable bonds is 5. The first-order chi connectivity index (χ1) is 8.27. The summed E-state index contributed by atoms with van der Waals surface area (Å²) in [4.78, 5) is 10.7. The number of nitrogens with two attached hydrogens (primary N) is 1. The van der Waals surface area contributed by atoms with E-state index in [1.165, 1.54) is 12.1 Å². The average molecular weight is 270 g/mol. The van der Waals surface area contributed by atoms with E-state index in [0.717, 1.165) is 12.1 Å². The van der Waals surface area contributed by atoms with Crippen LogP contribution in [-0.4, -0.2) is 25.5 Å². The molecule has 1 aromatic rings. The number of carbonyl (C=O) groups is 1. The summed E-state index contributed by atoms with van der Waals surface area (Å²) in [6.45, 7) is 5.03. The summed E-state index contributed by atoms with van der Waals surface area (Å²) in [5, 5.41) is 8.98. The van der Waals surface area contributed by atoms with Crippen LogP contribution in [0.5, 0.6) is 0 Å². The number of aromatic carboxylic acids is 1. The summed E-state index contributed by atoms with van der Waals surface area (Å²) in [6.07, 6.45) is 1.40.